The summed E-state index contributed by atoms with van der Waals surface area (Å²) in [4.78, 5) is 11.2. The molecule has 5 heteroatoms. The third kappa shape index (κ3) is 1.94. The van der Waals surface area contributed by atoms with E-state index in [2.05, 4.69) is 0 Å². The van der Waals surface area contributed by atoms with E-state index in [0.717, 1.165) is 9.77 Å². The molecule has 0 saturated carbocycles. The minimum absolute atomic E-state index is 0.324. The normalized spacial score (nSPS) is 12.9. The fraction of sp³-hybridized carbons (Fsp3) is 0.444. The van der Waals surface area contributed by atoms with Crippen LogP contribution in [0.15, 0.2) is 4.21 Å². The standard InChI is InChI=1S/C9H12O3S2/c1-4-6(5(2)10)9(13-3)14-7(4)8(11)12/h5,10H,1-3H3,(H,11,12)/t5-/m1/s1. The first-order chi connectivity index (χ1) is 6.49. The molecule has 0 aromatic carbocycles. The van der Waals surface area contributed by atoms with Crippen molar-refractivity contribution in [3.8, 4) is 0 Å². The summed E-state index contributed by atoms with van der Waals surface area (Å²) >= 11 is 2.70. The Hall–Kier alpha value is -0.520. The van der Waals surface area contributed by atoms with Crippen LogP contribution in [0.25, 0.3) is 0 Å². The van der Waals surface area contributed by atoms with Crippen LogP contribution in [0.5, 0.6) is 0 Å². The molecule has 0 spiro atoms. The lowest BCUT2D eigenvalue weighted by molar-refractivity contribution is 0.0701. The number of thioether (sulfide) groups is 1. The van der Waals surface area contributed by atoms with Crippen molar-refractivity contribution in [2.75, 3.05) is 6.26 Å². The molecule has 0 aliphatic carbocycles. The van der Waals surface area contributed by atoms with Crippen molar-refractivity contribution in [1.29, 1.82) is 0 Å². The number of rotatable bonds is 3. The molecule has 14 heavy (non-hydrogen) atoms. The summed E-state index contributed by atoms with van der Waals surface area (Å²) < 4.78 is 0.884. The first-order valence-corrected chi connectivity index (χ1v) is 6.11. The van der Waals surface area contributed by atoms with Crippen LogP contribution in [-0.2, 0) is 0 Å². The van der Waals surface area contributed by atoms with Crippen LogP contribution in [0, 0.1) is 6.92 Å². The first kappa shape index (κ1) is 11.6. The van der Waals surface area contributed by atoms with Gasteiger partial charge in [-0.15, -0.1) is 23.1 Å². The summed E-state index contributed by atoms with van der Waals surface area (Å²) in [6, 6.07) is 0. The number of carboxylic acid groups (broad SMARTS) is 1. The topological polar surface area (TPSA) is 57.5 Å². The van der Waals surface area contributed by atoms with Crippen molar-refractivity contribution < 1.29 is 15.0 Å². The van der Waals surface area contributed by atoms with Gasteiger partial charge in [-0.05, 0) is 25.7 Å². The van der Waals surface area contributed by atoms with Crippen LogP contribution in [-0.4, -0.2) is 22.4 Å². The smallest absolute Gasteiger partial charge is 0.346 e. The number of carbonyl (C=O) groups is 1. The average molecular weight is 232 g/mol. The van der Waals surface area contributed by atoms with Gasteiger partial charge in [-0.1, -0.05) is 0 Å². The molecular weight excluding hydrogens is 220 g/mol. The van der Waals surface area contributed by atoms with Gasteiger partial charge in [-0.3, -0.25) is 0 Å². The molecule has 0 bridgehead atoms. The summed E-state index contributed by atoms with van der Waals surface area (Å²) in [7, 11) is 0. The second-order valence-corrected chi connectivity index (χ2v) is 5.04. The van der Waals surface area contributed by atoms with Crippen molar-refractivity contribution in [3.63, 3.8) is 0 Å². The van der Waals surface area contributed by atoms with Crippen molar-refractivity contribution in [3.05, 3.63) is 16.0 Å². The minimum Gasteiger partial charge on any atom is -0.477 e. The van der Waals surface area contributed by atoms with E-state index >= 15 is 0 Å². The van der Waals surface area contributed by atoms with Crippen molar-refractivity contribution >= 4 is 29.1 Å². The zero-order chi connectivity index (χ0) is 10.9. The van der Waals surface area contributed by atoms with Crippen LogP contribution < -0.4 is 0 Å². The molecule has 0 aliphatic heterocycles. The van der Waals surface area contributed by atoms with Gasteiger partial charge in [0.15, 0.2) is 0 Å². The van der Waals surface area contributed by atoms with Crippen LogP contribution >= 0.6 is 23.1 Å². The molecule has 0 aliphatic rings. The SMILES string of the molecule is CSc1sc(C(=O)O)c(C)c1[C@@H](C)O. The Morgan fingerprint density at radius 3 is 2.43 bits per heavy atom. The second kappa shape index (κ2) is 4.33. The number of thiophene rings is 1. The summed E-state index contributed by atoms with van der Waals surface area (Å²) in [5.41, 5.74) is 1.43. The molecule has 0 saturated heterocycles. The summed E-state index contributed by atoms with van der Waals surface area (Å²) in [6.07, 6.45) is 1.27. The van der Waals surface area contributed by atoms with Gasteiger partial charge in [0, 0.05) is 5.56 Å². The van der Waals surface area contributed by atoms with Gasteiger partial charge < -0.3 is 10.2 Å². The molecule has 1 aromatic rings. The largest absolute Gasteiger partial charge is 0.477 e. The van der Waals surface area contributed by atoms with E-state index in [9.17, 15) is 9.90 Å². The van der Waals surface area contributed by atoms with E-state index < -0.39 is 12.1 Å². The molecule has 0 unspecified atom stereocenters. The van der Waals surface area contributed by atoms with E-state index in [0.29, 0.717) is 10.4 Å². The Bertz CT molecular complexity index is 355. The third-order valence-electron chi connectivity index (χ3n) is 1.96. The Kier molecular flexibility index (Phi) is 3.58. The highest BCUT2D eigenvalue weighted by molar-refractivity contribution is 8.00. The predicted molar refractivity (Wildman–Crippen MR) is 58.4 cm³/mol. The van der Waals surface area contributed by atoms with E-state index in [1.165, 1.54) is 23.1 Å². The van der Waals surface area contributed by atoms with Gasteiger partial charge in [0.2, 0.25) is 0 Å². The molecule has 1 rings (SSSR count). The van der Waals surface area contributed by atoms with Crippen LogP contribution in [0.1, 0.15) is 33.8 Å². The van der Waals surface area contributed by atoms with Gasteiger partial charge in [0.1, 0.15) is 4.88 Å². The van der Waals surface area contributed by atoms with E-state index in [4.69, 9.17) is 5.11 Å². The zero-order valence-corrected chi connectivity index (χ0v) is 9.83. The van der Waals surface area contributed by atoms with E-state index in [1.54, 1.807) is 13.8 Å². The summed E-state index contributed by atoms with van der Waals surface area (Å²) in [5, 5.41) is 18.4. The first-order valence-electron chi connectivity index (χ1n) is 4.07. The molecule has 0 radical (unpaired) electrons. The zero-order valence-electron chi connectivity index (χ0n) is 8.20. The molecule has 3 nitrogen and oxygen atoms in total. The lowest BCUT2D eigenvalue weighted by atomic mass is 10.1. The Morgan fingerprint density at radius 1 is 1.57 bits per heavy atom. The number of carboxylic acids is 1. The number of aliphatic hydroxyl groups excluding tert-OH is 1. The molecule has 0 fully saturated rings. The second-order valence-electron chi connectivity index (χ2n) is 2.94. The van der Waals surface area contributed by atoms with Crippen molar-refractivity contribution in [1.82, 2.24) is 0 Å². The van der Waals surface area contributed by atoms with Crippen LogP contribution in [0.3, 0.4) is 0 Å². The summed E-state index contributed by atoms with van der Waals surface area (Å²) in [6.45, 7) is 3.39. The molecule has 0 amide bonds. The highest BCUT2D eigenvalue weighted by Gasteiger charge is 2.21. The van der Waals surface area contributed by atoms with Gasteiger partial charge in [-0.2, -0.15) is 0 Å². The molecule has 78 valence electrons. The maximum absolute atomic E-state index is 10.8. The Morgan fingerprint density at radius 2 is 2.14 bits per heavy atom. The quantitative estimate of drug-likeness (QED) is 0.786. The maximum atomic E-state index is 10.8. The number of hydrogen-bond donors (Lipinski definition) is 2. The third-order valence-corrected chi connectivity index (χ3v) is 4.39. The van der Waals surface area contributed by atoms with Gasteiger partial charge >= 0.3 is 5.97 Å². The van der Waals surface area contributed by atoms with E-state index in [1.807, 2.05) is 6.26 Å². The minimum atomic E-state index is -0.922. The van der Waals surface area contributed by atoms with Crippen LogP contribution in [0.4, 0.5) is 0 Å². The van der Waals surface area contributed by atoms with Gasteiger partial charge in [0.25, 0.3) is 0 Å². The van der Waals surface area contributed by atoms with Crippen LogP contribution in [0.2, 0.25) is 0 Å². The molecule has 2 N–H and O–H groups in total. The van der Waals surface area contributed by atoms with Gasteiger partial charge in [0.05, 0.1) is 10.3 Å². The maximum Gasteiger partial charge on any atom is 0.346 e. The lowest BCUT2D eigenvalue weighted by Crippen LogP contribution is -1.98. The number of aliphatic hydroxyl groups is 1. The average Bonchev–Trinajstić information content (AvgIpc) is 2.42. The molecule has 1 atom stereocenters. The fourth-order valence-corrected chi connectivity index (χ4v) is 3.44. The van der Waals surface area contributed by atoms with Crippen molar-refractivity contribution in [2.24, 2.45) is 0 Å². The number of aromatic carboxylic acids is 1. The van der Waals surface area contributed by atoms with Crippen molar-refractivity contribution in [2.45, 2.75) is 24.2 Å². The highest BCUT2D eigenvalue weighted by Crippen LogP contribution is 2.38. The fourth-order valence-electron chi connectivity index (χ4n) is 1.34. The highest BCUT2D eigenvalue weighted by atomic mass is 32.2. The monoisotopic (exact) mass is 232 g/mol. The molecule has 1 aromatic heterocycles. The Labute approximate surface area is 90.8 Å². The molecule has 1 heterocycles. The summed E-state index contributed by atoms with van der Waals surface area (Å²) in [5.74, 6) is -0.922. The number of hydrogen-bond acceptors (Lipinski definition) is 4. The van der Waals surface area contributed by atoms with Gasteiger partial charge in [-0.25, -0.2) is 4.79 Å². The lowest BCUT2D eigenvalue weighted by Gasteiger charge is -2.05. The van der Waals surface area contributed by atoms with E-state index in [-0.39, 0.29) is 0 Å². The predicted octanol–water partition coefficient (Wildman–Crippen LogP) is 2.53. The Balaban J connectivity index is 3.33. The molecular formula is C9H12O3S2.